The van der Waals surface area contributed by atoms with Crippen LogP contribution in [0.2, 0.25) is 0 Å². The van der Waals surface area contributed by atoms with Gasteiger partial charge in [0.05, 0.1) is 12.6 Å². The van der Waals surface area contributed by atoms with E-state index in [0.717, 1.165) is 38.0 Å². The van der Waals surface area contributed by atoms with Crippen molar-refractivity contribution in [2.45, 2.75) is 43.7 Å². The zero-order valence-electron chi connectivity index (χ0n) is 16.6. The minimum Gasteiger partial charge on any atom is -0.388 e. The summed E-state index contributed by atoms with van der Waals surface area (Å²) >= 11 is 0. The van der Waals surface area contributed by atoms with Crippen LogP contribution in [-0.2, 0) is 11.2 Å². The second-order valence-electron chi connectivity index (χ2n) is 8.67. The van der Waals surface area contributed by atoms with Crippen molar-refractivity contribution in [3.8, 4) is 0 Å². The number of aliphatic hydroxyl groups excluding tert-OH is 1. The third-order valence-electron chi connectivity index (χ3n) is 6.84. The monoisotopic (exact) mass is 394 g/mol. The molecule has 2 aromatic carbocycles. The normalized spacial score (nSPS) is 24.3. The van der Waals surface area contributed by atoms with Crippen molar-refractivity contribution in [1.29, 1.82) is 0 Å². The Morgan fingerprint density at radius 3 is 2.83 bits per heavy atom. The molecule has 3 aliphatic heterocycles. The first-order chi connectivity index (χ1) is 14.1. The Balaban J connectivity index is 1.21. The number of carbonyl (C=O) groups is 1. The molecule has 3 atom stereocenters. The zero-order valence-corrected chi connectivity index (χ0v) is 16.6. The smallest absolute Gasteiger partial charge is 0.156 e. The highest BCUT2D eigenvalue weighted by Crippen LogP contribution is 2.47. The van der Waals surface area contributed by atoms with Gasteiger partial charge in [0, 0.05) is 37.2 Å². The molecular weight excluding hydrogens is 367 g/mol. The lowest BCUT2D eigenvalue weighted by atomic mass is 9.88. The number of hydrogen-bond donors (Lipinski definition) is 1. The fourth-order valence-corrected chi connectivity index (χ4v) is 5.47. The second kappa shape index (κ2) is 7.54. The molecule has 0 saturated carbocycles. The Bertz CT molecular complexity index is 914. The molecule has 2 aromatic rings. The van der Waals surface area contributed by atoms with E-state index < -0.39 is 6.10 Å². The number of carbonyl (C=O) groups excluding carboxylic acids is 1. The number of aliphatic hydroxyl groups is 1. The highest BCUT2D eigenvalue weighted by atomic mass is 19.1. The van der Waals surface area contributed by atoms with Crippen molar-refractivity contribution in [3.05, 3.63) is 65.0 Å². The standard InChI is InChI=1S/C24H27FN2O2/c25-18-8-6-16(7-9-18)23(29)5-2-11-26-12-10-22-21(15-26)20-4-1-3-17-13-19(28)14-27(22)24(17)20/h1,3-4,6-9,21-23,29H,2,5,10-15H2/t21-,22-,23?/m0/s1. The van der Waals surface area contributed by atoms with Gasteiger partial charge in [-0.05, 0) is 54.6 Å². The van der Waals surface area contributed by atoms with Gasteiger partial charge in [-0.15, -0.1) is 0 Å². The number of halogens is 1. The summed E-state index contributed by atoms with van der Waals surface area (Å²) in [4.78, 5) is 17.1. The highest BCUT2D eigenvalue weighted by Gasteiger charge is 2.44. The van der Waals surface area contributed by atoms with Gasteiger partial charge in [0.1, 0.15) is 5.82 Å². The zero-order chi connectivity index (χ0) is 20.0. The summed E-state index contributed by atoms with van der Waals surface area (Å²) in [5, 5.41) is 10.4. The molecule has 0 amide bonds. The predicted molar refractivity (Wildman–Crippen MR) is 111 cm³/mol. The van der Waals surface area contributed by atoms with Gasteiger partial charge in [-0.3, -0.25) is 4.79 Å². The Labute approximate surface area is 170 Å². The SMILES string of the molecule is O=C1Cc2cccc3c2N(C1)[C@H]1CCN(CCCC(O)c2ccc(F)cc2)C[C@@H]31. The maximum atomic E-state index is 13.1. The summed E-state index contributed by atoms with van der Waals surface area (Å²) in [6.07, 6.45) is 2.69. The fourth-order valence-electron chi connectivity index (χ4n) is 5.47. The van der Waals surface area contributed by atoms with Gasteiger partial charge in [-0.25, -0.2) is 4.39 Å². The number of likely N-dealkylation sites (tertiary alicyclic amines) is 1. The topological polar surface area (TPSA) is 43.8 Å². The Kier molecular flexibility index (Phi) is 4.88. The Hall–Kier alpha value is -2.24. The number of piperidine rings is 1. The first-order valence-electron chi connectivity index (χ1n) is 10.7. The quantitative estimate of drug-likeness (QED) is 0.844. The molecule has 1 saturated heterocycles. The van der Waals surface area contributed by atoms with E-state index in [9.17, 15) is 14.3 Å². The molecule has 3 aliphatic rings. The van der Waals surface area contributed by atoms with Crippen molar-refractivity contribution in [1.82, 2.24) is 4.90 Å². The van der Waals surface area contributed by atoms with Crippen LogP contribution in [0.3, 0.4) is 0 Å². The molecular formula is C24H27FN2O2. The van der Waals surface area contributed by atoms with Crippen LogP contribution < -0.4 is 4.90 Å². The van der Waals surface area contributed by atoms with Gasteiger partial charge < -0.3 is 14.9 Å². The number of nitrogens with zero attached hydrogens (tertiary/aromatic N) is 2. The van der Waals surface area contributed by atoms with Crippen LogP contribution in [0.1, 0.15) is 48.0 Å². The molecule has 3 heterocycles. The maximum Gasteiger partial charge on any atom is 0.156 e. The lowest BCUT2D eigenvalue weighted by Gasteiger charge is -2.39. The van der Waals surface area contributed by atoms with E-state index in [1.54, 1.807) is 12.1 Å². The van der Waals surface area contributed by atoms with Crippen LogP contribution in [0.5, 0.6) is 0 Å². The molecule has 152 valence electrons. The molecule has 0 aliphatic carbocycles. The third-order valence-corrected chi connectivity index (χ3v) is 6.84. The van der Waals surface area contributed by atoms with Gasteiger partial charge >= 0.3 is 0 Å². The predicted octanol–water partition coefficient (Wildman–Crippen LogP) is 3.44. The van der Waals surface area contributed by atoms with Crippen molar-refractivity contribution in [3.63, 3.8) is 0 Å². The minimum atomic E-state index is -0.543. The van der Waals surface area contributed by atoms with Gasteiger partial charge in [0.15, 0.2) is 5.78 Å². The first-order valence-corrected chi connectivity index (χ1v) is 10.7. The molecule has 0 bridgehead atoms. The molecule has 0 spiro atoms. The van der Waals surface area contributed by atoms with E-state index in [0.29, 0.717) is 37.1 Å². The van der Waals surface area contributed by atoms with Crippen molar-refractivity contribution < 1.29 is 14.3 Å². The first kappa shape index (κ1) is 18.8. The van der Waals surface area contributed by atoms with Gasteiger partial charge in [-0.1, -0.05) is 30.3 Å². The molecule has 1 unspecified atom stereocenters. The number of anilines is 1. The van der Waals surface area contributed by atoms with Crippen LogP contribution in [0.25, 0.3) is 0 Å². The summed E-state index contributed by atoms with van der Waals surface area (Å²) in [5.74, 6) is 0.516. The Morgan fingerprint density at radius 1 is 1.17 bits per heavy atom. The summed E-state index contributed by atoms with van der Waals surface area (Å²) in [5.41, 5.74) is 4.72. The molecule has 5 rings (SSSR count). The van der Waals surface area contributed by atoms with Crippen LogP contribution >= 0.6 is 0 Å². The molecule has 1 fully saturated rings. The van der Waals surface area contributed by atoms with Crippen LogP contribution in [0, 0.1) is 5.82 Å². The van der Waals surface area contributed by atoms with Crippen molar-refractivity contribution >= 4 is 11.5 Å². The molecule has 4 nitrogen and oxygen atoms in total. The molecule has 0 aromatic heterocycles. The summed E-state index contributed by atoms with van der Waals surface area (Å²) in [6, 6.07) is 13.0. The van der Waals surface area contributed by atoms with Crippen LogP contribution in [0.15, 0.2) is 42.5 Å². The second-order valence-corrected chi connectivity index (χ2v) is 8.67. The number of Topliss-reactive ketones (excluding diaryl/α,β-unsaturated/α-hetero) is 1. The summed E-state index contributed by atoms with van der Waals surface area (Å²) in [6.45, 7) is 3.56. The maximum absolute atomic E-state index is 13.1. The fraction of sp³-hybridized carbons (Fsp3) is 0.458. The lowest BCUT2D eigenvalue weighted by molar-refractivity contribution is -0.117. The van der Waals surface area contributed by atoms with Gasteiger partial charge in [0.2, 0.25) is 0 Å². The van der Waals surface area contributed by atoms with Crippen LogP contribution in [0.4, 0.5) is 10.1 Å². The van der Waals surface area contributed by atoms with E-state index in [1.165, 1.54) is 28.9 Å². The molecule has 1 N–H and O–H groups in total. The number of benzene rings is 2. The van der Waals surface area contributed by atoms with E-state index in [2.05, 4.69) is 28.0 Å². The number of para-hydroxylation sites is 1. The van der Waals surface area contributed by atoms with Crippen LogP contribution in [-0.4, -0.2) is 48.0 Å². The molecule has 0 radical (unpaired) electrons. The van der Waals surface area contributed by atoms with Crippen molar-refractivity contribution in [2.24, 2.45) is 0 Å². The van der Waals surface area contributed by atoms with E-state index in [1.807, 2.05) is 0 Å². The molecule has 29 heavy (non-hydrogen) atoms. The summed E-state index contributed by atoms with van der Waals surface area (Å²) in [7, 11) is 0. The summed E-state index contributed by atoms with van der Waals surface area (Å²) < 4.78 is 13.1. The number of fused-ring (bicyclic) bond motifs is 3. The number of ketones is 1. The molecule has 5 heteroatoms. The van der Waals surface area contributed by atoms with E-state index in [-0.39, 0.29) is 5.82 Å². The number of rotatable bonds is 5. The highest BCUT2D eigenvalue weighted by molar-refractivity contribution is 5.92. The average molecular weight is 394 g/mol. The Morgan fingerprint density at radius 2 is 2.00 bits per heavy atom. The largest absolute Gasteiger partial charge is 0.388 e. The lowest BCUT2D eigenvalue weighted by Crippen LogP contribution is -2.48. The average Bonchev–Trinajstić information content (AvgIpc) is 3.03. The van der Waals surface area contributed by atoms with E-state index >= 15 is 0 Å². The number of hydrogen-bond acceptors (Lipinski definition) is 4. The van der Waals surface area contributed by atoms with Gasteiger partial charge in [-0.2, -0.15) is 0 Å². The van der Waals surface area contributed by atoms with E-state index in [4.69, 9.17) is 0 Å². The minimum absolute atomic E-state index is 0.275. The van der Waals surface area contributed by atoms with Crippen molar-refractivity contribution in [2.75, 3.05) is 31.1 Å². The van der Waals surface area contributed by atoms with Gasteiger partial charge in [0.25, 0.3) is 0 Å². The third kappa shape index (κ3) is 3.47.